The van der Waals surface area contributed by atoms with Crippen LogP contribution in [0, 0.1) is 0 Å². The van der Waals surface area contributed by atoms with Gasteiger partial charge in [0.2, 0.25) is 0 Å². The van der Waals surface area contributed by atoms with Crippen LogP contribution in [0.25, 0.3) is 0 Å². The standard InChI is InChI=1S/C2H6BN4O2/c4-1(8)6-3-7-2(5)9/h(H3,4,6,8)(H3,5,7,9). The maximum Gasteiger partial charge on any atom is 0.393 e. The molecule has 6 N–H and O–H groups in total. The number of rotatable bonds is 2. The molecule has 0 aliphatic heterocycles. The molecule has 0 rings (SSSR count). The van der Waals surface area contributed by atoms with Crippen LogP contribution in [0.1, 0.15) is 0 Å². The van der Waals surface area contributed by atoms with Gasteiger partial charge in [-0.3, -0.25) is 9.59 Å². The van der Waals surface area contributed by atoms with Gasteiger partial charge in [0.1, 0.15) is 0 Å². The van der Waals surface area contributed by atoms with Crippen molar-refractivity contribution in [3.8, 4) is 0 Å². The molecular weight excluding hydrogens is 123 g/mol. The van der Waals surface area contributed by atoms with Gasteiger partial charge in [-0.2, -0.15) is 0 Å². The number of nitrogens with two attached hydrogens (primary N) is 2. The van der Waals surface area contributed by atoms with Crippen LogP contribution in [0.2, 0.25) is 0 Å². The number of hydrogen-bond donors (Lipinski definition) is 4. The molecule has 0 aromatic heterocycles. The summed E-state index contributed by atoms with van der Waals surface area (Å²) in [6.07, 6.45) is 0. The Labute approximate surface area is 52.2 Å². The van der Waals surface area contributed by atoms with E-state index in [2.05, 4.69) is 11.5 Å². The number of carbonyl (C=O) groups is 2. The lowest BCUT2D eigenvalue weighted by molar-refractivity contribution is 0.252. The zero-order valence-electron chi connectivity index (χ0n) is 4.55. The molecule has 0 fully saturated rings. The molecule has 0 atom stereocenters. The second-order valence-corrected chi connectivity index (χ2v) is 1.16. The molecule has 0 saturated heterocycles. The predicted molar refractivity (Wildman–Crippen MR) is 31.2 cm³/mol. The van der Waals surface area contributed by atoms with Crippen molar-refractivity contribution in [1.82, 2.24) is 10.5 Å². The van der Waals surface area contributed by atoms with Crippen molar-refractivity contribution in [3.63, 3.8) is 0 Å². The van der Waals surface area contributed by atoms with E-state index in [0.717, 1.165) is 7.55 Å². The monoisotopic (exact) mass is 129 g/mol. The SMILES string of the molecule is NC(=O)N[B]NC(N)=O. The van der Waals surface area contributed by atoms with Crippen molar-refractivity contribution in [3.05, 3.63) is 0 Å². The molecule has 4 amide bonds. The van der Waals surface area contributed by atoms with Crippen LogP contribution in [0.5, 0.6) is 0 Å². The number of carbonyl (C=O) groups excluding carboxylic acids is 2. The Morgan fingerprint density at radius 3 is 1.67 bits per heavy atom. The fourth-order valence-corrected chi connectivity index (χ4v) is 0.178. The molecule has 0 aliphatic carbocycles. The smallest absolute Gasteiger partial charge is 0.365 e. The second-order valence-electron chi connectivity index (χ2n) is 1.16. The van der Waals surface area contributed by atoms with E-state index in [0.29, 0.717) is 0 Å². The molecule has 0 bridgehead atoms. The van der Waals surface area contributed by atoms with Crippen molar-refractivity contribution in [2.24, 2.45) is 11.5 Å². The van der Waals surface area contributed by atoms with E-state index in [4.69, 9.17) is 0 Å². The second kappa shape index (κ2) is 3.59. The van der Waals surface area contributed by atoms with E-state index in [1.165, 1.54) is 0 Å². The molecule has 0 saturated carbocycles. The van der Waals surface area contributed by atoms with Crippen molar-refractivity contribution in [1.29, 1.82) is 0 Å². The van der Waals surface area contributed by atoms with Gasteiger partial charge in [0, 0.05) is 0 Å². The van der Waals surface area contributed by atoms with Gasteiger partial charge < -0.3 is 21.9 Å². The molecule has 0 heterocycles. The van der Waals surface area contributed by atoms with Crippen LogP contribution < -0.4 is 21.9 Å². The lowest BCUT2D eigenvalue weighted by Crippen LogP contribution is -2.45. The third-order valence-corrected chi connectivity index (χ3v) is 0.429. The van der Waals surface area contributed by atoms with Crippen LogP contribution in [0.15, 0.2) is 0 Å². The maximum atomic E-state index is 9.87. The first-order chi connectivity index (χ1) is 4.13. The highest BCUT2D eigenvalue weighted by Gasteiger charge is 1.95. The van der Waals surface area contributed by atoms with E-state index in [9.17, 15) is 9.59 Å². The first-order valence-corrected chi connectivity index (χ1v) is 2.06. The lowest BCUT2D eigenvalue weighted by atomic mass is 10.2. The Balaban J connectivity index is 3.10. The Kier molecular flexibility index (Phi) is 3.03. The fourth-order valence-electron chi connectivity index (χ4n) is 0.178. The number of amides is 4. The minimum Gasteiger partial charge on any atom is -0.365 e. The van der Waals surface area contributed by atoms with Crippen LogP contribution in [-0.4, -0.2) is 19.6 Å². The Morgan fingerprint density at radius 1 is 1.11 bits per heavy atom. The molecule has 7 heteroatoms. The molecule has 0 spiro atoms. The molecular formula is C2H6BN4O2. The van der Waals surface area contributed by atoms with Gasteiger partial charge in [-0.25, -0.2) is 0 Å². The van der Waals surface area contributed by atoms with Gasteiger partial charge in [-0.05, 0) is 0 Å². The first-order valence-electron chi connectivity index (χ1n) is 2.06. The van der Waals surface area contributed by atoms with Gasteiger partial charge in [0.05, 0.1) is 0 Å². The summed E-state index contributed by atoms with van der Waals surface area (Å²) in [5.41, 5.74) is 9.21. The molecule has 1 radical (unpaired) electrons. The van der Waals surface area contributed by atoms with Gasteiger partial charge in [-0.15, -0.1) is 0 Å². The maximum absolute atomic E-state index is 9.87. The summed E-state index contributed by atoms with van der Waals surface area (Å²) in [4.78, 5) is 19.7. The summed E-state index contributed by atoms with van der Waals surface area (Å²) < 4.78 is 0. The molecule has 9 heavy (non-hydrogen) atoms. The minimum absolute atomic E-state index is 0.760. The van der Waals surface area contributed by atoms with Gasteiger partial charge >= 0.3 is 19.6 Å². The van der Waals surface area contributed by atoms with Crippen LogP contribution in [0.4, 0.5) is 9.59 Å². The molecule has 6 nitrogen and oxygen atoms in total. The van der Waals surface area contributed by atoms with E-state index >= 15 is 0 Å². The number of primary amides is 2. The topological polar surface area (TPSA) is 110 Å². The van der Waals surface area contributed by atoms with Gasteiger partial charge in [0.25, 0.3) is 0 Å². The Bertz CT molecular complexity index is 112. The molecule has 0 unspecified atom stereocenters. The van der Waals surface area contributed by atoms with Crippen LogP contribution >= 0.6 is 0 Å². The summed E-state index contributed by atoms with van der Waals surface area (Å²) >= 11 is 0. The Hall–Kier alpha value is -1.40. The lowest BCUT2D eigenvalue weighted by Gasteiger charge is -1.96. The normalized spacial score (nSPS) is 7.56. The van der Waals surface area contributed by atoms with Gasteiger partial charge in [-0.1, -0.05) is 0 Å². The van der Waals surface area contributed by atoms with Crippen molar-refractivity contribution in [2.75, 3.05) is 0 Å². The van der Waals surface area contributed by atoms with Crippen molar-refractivity contribution < 1.29 is 9.59 Å². The highest BCUT2D eigenvalue weighted by atomic mass is 16.2. The minimum atomic E-state index is -0.760. The number of hydrogen-bond acceptors (Lipinski definition) is 2. The van der Waals surface area contributed by atoms with E-state index in [-0.39, 0.29) is 0 Å². The fraction of sp³-hybridized carbons (Fsp3) is 0. The van der Waals surface area contributed by atoms with Gasteiger partial charge in [0.15, 0.2) is 0 Å². The summed E-state index contributed by atoms with van der Waals surface area (Å²) in [6, 6.07) is -1.52. The molecule has 49 valence electrons. The molecule has 0 aliphatic rings. The summed E-state index contributed by atoms with van der Waals surface area (Å²) in [7, 11) is 0.949. The highest BCUT2D eigenvalue weighted by Crippen LogP contribution is 1.50. The van der Waals surface area contributed by atoms with E-state index < -0.39 is 12.1 Å². The Morgan fingerprint density at radius 2 is 1.44 bits per heavy atom. The van der Waals surface area contributed by atoms with Crippen molar-refractivity contribution >= 4 is 19.6 Å². The van der Waals surface area contributed by atoms with Crippen LogP contribution in [-0.2, 0) is 0 Å². The average molecular weight is 129 g/mol. The summed E-state index contributed by atoms with van der Waals surface area (Å²) in [5, 5.41) is 3.96. The largest absolute Gasteiger partial charge is 0.393 e. The quantitative estimate of drug-likeness (QED) is 0.319. The zero-order chi connectivity index (χ0) is 7.28. The molecule has 0 aromatic rings. The van der Waals surface area contributed by atoms with E-state index in [1.54, 1.807) is 0 Å². The highest BCUT2D eigenvalue weighted by molar-refractivity contribution is 6.37. The van der Waals surface area contributed by atoms with E-state index in [1.807, 2.05) is 10.5 Å². The third-order valence-electron chi connectivity index (χ3n) is 0.429. The number of nitrogens with one attached hydrogen (secondary N) is 2. The van der Waals surface area contributed by atoms with Crippen molar-refractivity contribution in [2.45, 2.75) is 0 Å². The molecule has 0 aromatic carbocycles. The summed E-state index contributed by atoms with van der Waals surface area (Å²) in [6.45, 7) is 0. The third kappa shape index (κ3) is 6.60. The van der Waals surface area contributed by atoms with Crippen LogP contribution in [0.3, 0.4) is 0 Å². The predicted octanol–water partition coefficient (Wildman–Crippen LogP) is -2.14. The summed E-state index contributed by atoms with van der Waals surface area (Å²) in [5.74, 6) is 0. The zero-order valence-corrected chi connectivity index (χ0v) is 4.55. The first kappa shape index (κ1) is 7.60. The number of urea groups is 2. The average Bonchev–Trinajstić information content (AvgIpc) is 1.63.